The van der Waals surface area contributed by atoms with Crippen molar-refractivity contribution in [1.29, 1.82) is 0 Å². The molecule has 0 rings (SSSR count). The monoisotopic (exact) mass is 105 g/mol. The smallest absolute Gasteiger partial charge is 0.139 e. The molecule has 0 aromatic carbocycles. The van der Waals surface area contributed by atoms with Crippen molar-refractivity contribution in [2.24, 2.45) is 0 Å². The van der Waals surface area contributed by atoms with E-state index in [0.717, 1.165) is 0 Å². The van der Waals surface area contributed by atoms with Crippen LogP contribution in [0.4, 0.5) is 0 Å². The van der Waals surface area contributed by atoms with E-state index in [-0.39, 0.29) is 9.28 Å². The summed E-state index contributed by atoms with van der Waals surface area (Å²) in [6, 6.07) is 0. The second-order valence-electron chi connectivity index (χ2n) is 0.697. The molecule has 0 saturated carbocycles. The van der Waals surface area contributed by atoms with Crippen LogP contribution in [0.25, 0.3) is 0 Å². The maximum atomic E-state index is 4.92. The van der Waals surface area contributed by atoms with E-state index in [1.807, 2.05) is 0 Å². The van der Waals surface area contributed by atoms with Gasteiger partial charge in [0, 0.05) is 16.4 Å². The first-order valence-electron chi connectivity index (χ1n) is 1.78. The highest BCUT2D eigenvalue weighted by Crippen LogP contribution is 1.56. The fourth-order valence-electron chi connectivity index (χ4n) is 0.144. The minimum Gasteiger partial charge on any atom is -0.428 e. The van der Waals surface area contributed by atoms with E-state index in [1.165, 1.54) is 9.76 Å². The van der Waals surface area contributed by atoms with Crippen LogP contribution in [0.2, 0.25) is 0 Å². The van der Waals surface area contributed by atoms with Crippen LogP contribution >= 0.6 is 0 Å². The van der Waals surface area contributed by atoms with Crippen LogP contribution in [0, 0.1) is 6.92 Å². The molecule has 5 heavy (non-hydrogen) atoms. The third-order valence-electron chi connectivity index (χ3n) is 0.348. The highest BCUT2D eigenvalue weighted by atomic mass is 29.1. The molecule has 0 aliphatic carbocycles. The Balaban J connectivity index is 2.19. The SMILES string of the molecule is [CH2]CO[SiH2][SiH3]. The van der Waals surface area contributed by atoms with Gasteiger partial charge in [0.2, 0.25) is 0 Å². The van der Waals surface area contributed by atoms with Gasteiger partial charge in [-0.05, 0) is 6.92 Å². The molecule has 0 bridgehead atoms. The van der Waals surface area contributed by atoms with Gasteiger partial charge in [-0.25, -0.2) is 0 Å². The lowest BCUT2D eigenvalue weighted by Crippen LogP contribution is -1.95. The van der Waals surface area contributed by atoms with Gasteiger partial charge < -0.3 is 4.43 Å². The zero-order valence-electron chi connectivity index (χ0n) is 3.53. The van der Waals surface area contributed by atoms with Gasteiger partial charge in [-0.1, -0.05) is 0 Å². The fourth-order valence-corrected chi connectivity index (χ4v) is 1.30. The van der Waals surface area contributed by atoms with Gasteiger partial charge in [0.15, 0.2) is 0 Å². The standard InChI is InChI=1S/C2H9OSi2/c1-2-3-5-4/h1-2,5H2,4H3. The van der Waals surface area contributed by atoms with Gasteiger partial charge in [-0.15, -0.1) is 0 Å². The summed E-state index contributed by atoms with van der Waals surface area (Å²) in [4.78, 5) is 0. The van der Waals surface area contributed by atoms with Crippen LogP contribution < -0.4 is 0 Å². The van der Waals surface area contributed by atoms with E-state index in [9.17, 15) is 0 Å². The predicted octanol–water partition coefficient (Wildman–Crippen LogP) is -1.80. The summed E-state index contributed by atoms with van der Waals surface area (Å²) in [5.74, 6) is 0. The topological polar surface area (TPSA) is 9.23 Å². The Labute approximate surface area is 37.9 Å². The molecule has 31 valence electrons. The van der Waals surface area contributed by atoms with Gasteiger partial charge in [0.25, 0.3) is 0 Å². The molecule has 0 spiro atoms. The molecule has 1 nitrogen and oxygen atoms in total. The molecule has 3 heteroatoms. The Kier molecular flexibility index (Phi) is 4.74. The molecule has 0 atom stereocenters. The van der Waals surface area contributed by atoms with Crippen LogP contribution in [0.15, 0.2) is 0 Å². The number of hydrogen-bond donors (Lipinski definition) is 0. The predicted molar refractivity (Wildman–Crippen MR) is 29.8 cm³/mol. The molecule has 0 amide bonds. The van der Waals surface area contributed by atoms with Crippen molar-refractivity contribution in [3.8, 4) is 0 Å². The number of rotatable bonds is 2. The summed E-state index contributed by atoms with van der Waals surface area (Å²) >= 11 is 0. The van der Waals surface area contributed by atoms with Crippen LogP contribution in [-0.2, 0) is 4.43 Å². The van der Waals surface area contributed by atoms with Crippen molar-refractivity contribution in [2.75, 3.05) is 6.61 Å². The summed E-state index contributed by atoms with van der Waals surface area (Å²) in [6.45, 7) is 4.20. The van der Waals surface area contributed by atoms with E-state index in [4.69, 9.17) is 4.43 Å². The third-order valence-corrected chi connectivity index (χ3v) is 2.27. The first-order chi connectivity index (χ1) is 2.41. The quantitative estimate of drug-likeness (QED) is 0.377. The lowest BCUT2D eigenvalue weighted by Gasteiger charge is -1.86. The summed E-state index contributed by atoms with van der Waals surface area (Å²) in [7, 11) is 1.27. The second-order valence-corrected chi connectivity index (χ2v) is 3.41. The van der Waals surface area contributed by atoms with Crippen molar-refractivity contribution in [2.45, 2.75) is 0 Å². The fraction of sp³-hybridized carbons (Fsp3) is 0.500. The van der Waals surface area contributed by atoms with Crippen molar-refractivity contribution in [3.05, 3.63) is 6.92 Å². The van der Waals surface area contributed by atoms with E-state index in [1.54, 1.807) is 0 Å². The van der Waals surface area contributed by atoms with Crippen molar-refractivity contribution < 1.29 is 4.43 Å². The summed E-state index contributed by atoms with van der Waals surface area (Å²) in [5.41, 5.74) is 0. The third kappa shape index (κ3) is 4.39. The van der Waals surface area contributed by atoms with Gasteiger partial charge in [-0.2, -0.15) is 0 Å². The normalized spacial score (nSPS) is 11.4. The first kappa shape index (κ1) is 5.39. The molecule has 0 aliphatic heterocycles. The summed E-state index contributed by atoms with van der Waals surface area (Å²) < 4.78 is 4.92. The minimum atomic E-state index is -0.00965. The van der Waals surface area contributed by atoms with Gasteiger partial charge in [0.1, 0.15) is 9.28 Å². The zero-order valence-corrected chi connectivity index (χ0v) is 6.94. The molecule has 0 fully saturated rings. The molecular formula is C2H9OSi2. The molecule has 0 N–H and O–H groups in total. The zero-order chi connectivity index (χ0) is 4.12. The van der Waals surface area contributed by atoms with Crippen molar-refractivity contribution >= 4 is 19.0 Å². The molecule has 0 aromatic rings. The summed E-state index contributed by atoms with van der Waals surface area (Å²) in [5, 5.41) is 0. The van der Waals surface area contributed by atoms with E-state index in [0.29, 0.717) is 6.61 Å². The average Bonchev–Trinajstić information content (AvgIpc) is 1.41. The number of hydrogen-bond acceptors (Lipinski definition) is 1. The Bertz CT molecular complexity index is 15.1. The molecule has 0 heterocycles. The Morgan fingerprint density at radius 1 is 2.00 bits per heavy atom. The van der Waals surface area contributed by atoms with Crippen LogP contribution in [-0.4, -0.2) is 25.6 Å². The average molecular weight is 105 g/mol. The van der Waals surface area contributed by atoms with Crippen LogP contribution in [0.3, 0.4) is 0 Å². The van der Waals surface area contributed by atoms with Gasteiger partial charge in [-0.3, -0.25) is 0 Å². The molecule has 0 aliphatic rings. The van der Waals surface area contributed by atoms with Gasteiger partial charge >= 0.3 is 0 Å². The highest BCUT2D eigenvalue weighted by molar-refractivity contribution is 6.85. The lowest BCUT2D eigenvalue weighted by atomic mass is 10.9. The van der Waals surface area contributed by atoms with Crippen molar-refractivity contribution in [3.63, 3.8) is 0 Å². The maximum absolute atomic E-state index is 4.92. The summed E-state index contributed by atoms with van der Waals surface area (Å²) in [6.07, 6.45) is 0. The van der Waals surface area contributed by atoms with Crippen LogP contribution in [0.5, 0.6) is 0 Å². The first-order valence-corrected chi connectivity index (χ1v) is 8.02. The highest BCUT2D eigenvalue weighted by Gasteiger charge is 1.66. The van der Waals surface area contributed by atoms with Crippen LogP contribution in [0.1, 0.15) is 0 Å². The Hall–Kier alpha value is 0.394. The molecule has 0 unspecified atom stereocenters. The Morgan fingerprint density at radius 2 is 2.60 bits per heavy atom. The van der Waals surface area contributed by atoms with E-state index >= 15 is 0 Å². The second kappa shape index (κ2) is 4.39. The lowest BCUT2D eigenvalue weighted by molar-refractivity contribution is 0.394. The molecular weight excluding hydrogens is 96.2 g/mol. The van der Waals surface area contributed by atoms with E-state index < -0.39 is 0 Å². The Morgan fingerprint density at radius 3 is 2.60 bits per heavy atom. The minimum absolute atomic E-state index is 0.00965. The van der Waals surface area contributed by atoms with Gasteiger partial charge in [0.05, 0.1) is 0 Å². The van der Waals surface area contributed by atoms with Crippen molar-refractivity contribution in [1.82, 2.24) is 0 Å². The van der Waals surface area contributed by atoms with E-state index in [2.05, 4.69) is 6.92 Å². The largest absolute Gasteiger partial charge is 0.428 e. The molecule has 1 radical (unpaired) electrons. The molecule has 0 aromatic heterocycles. The maximum Gasteiger partial charge on any atom is 0.139 e. The molecule has 0 saturated heterocycles.